The second kappa shape index (κ2) is 13.1. The van der Waals surface area contributed by atoms with Gasteiger partial charge >= 0.3 is 0 Å². The molecule has 2 nitrogen and oxygen atoms in total. The Hall–Kier alpha value is -0.340. The van der Waals surface area contributed by atoms with E-state index in [1.165, 1.54) is 12.8 Å². The number of rotatable bonds is 5. The molecule has 0 aromatic heterocycles. The summed E-state index contributed by atoms with van der Waals surface area (Å²) >= 11 is 0. The lowest BCUT2D eigenvalue weighted by Gasteiger charge is -2.36. The molecule has 0 radical (unpaired) electrons. The van der Waals surface area contributed by atoms with E-state index < -0.39 is 5.60 Å². The van der Waals surface area contributed by atoms with Crippen molar-refractivity contribution in [1.82, 2.24) is 5.32 Å². The Labute approximate surface area is 140 Å². The molecular weight excluding hydrogens is 270 g/mol. The minimum absolute atomic E-state index is 0.530. The van der Waals surface area contributed by atoms with E-state index in [-0.39, 0.29) is 0 Å². The minimum atomic E-state index is -0.530. The lowest BCUT2D eigenvalue weighted by Crippen LogP contribution is -2.41. The number of hydrogen-bond acceptors (Lipinski definition) is 2. The van der Waals surface area contributed by atoms with E-state index in [1.807, 2.05) is 41.5 Å². The summed E-state index contributed by atoms with van der Waals surface area (Å²) < 4.78 is 0. The number of nitrogens with one attached hydrogen (secondary N) is 1. The van der Waals surface area contributed by atoms with Gasteiger partial charge in [0.25, 0.3) is 0 Å². The molecule has 134 valence electrons. The van der Waals surface area contributed by atoms with Crippen molar-refractivity contribution >= 4 is 0 Å². The first-order chi connectivity index (χ1) is 10.3. The Kier molecular flexibility index (Phi) is 14.3. The summed E-state index contributed by atoms with van der Waals surface area (Å²) in [4.78, 5) is 0. The lowest BCUT2D eigenvalue weighted by molar-refractivity contribution is 0.0684. The van der Waals surface area contributed by atoms with Gasteiger partial charge < -0.3 is 10.4 Å². The van der Waals surface area contributed by atoms with Crippen molar-refractivity contribution in [3.8, 4) is 0 Å². The van der Waals surface area contributed by atoms with Gasteiger partial charge in [-0.25, -0.2) is 0 Å². The molecule has 1 rings (SSSR count). The molecule has 0 saturated heterocycles. The Morgan fingerprint density at radius 3 is 2.18 bits per heavy atom. The van der Waals surface area contributed by atoms with Gasteiger partial charge in [-0.2, -0.15) is 0 Å². The molecule has 0 heterocycles. The molecule has 1 aliphatic carbocycles. The van der Waals surface area contributed by atoms with E-state index in [0.29, 0.717) is 6.04 Å². The zero-order valence-corrected chi connectivity index (χ0v) is 16.8. The zero-order valence-electron chi connectivity index (χ0n) is 16.8. The third-order valence-corrected chi connectivity index (χ3v) is 4.03. The maximum absolute atomic E-state index is 9.70. The molecule has 0 aliphatic heterocycles. The van der Waals surface area contributed by atoms with E-state index in [9.17, 15) is 5.11 Å². The van der Waals surface area contributed by atoms with Crippen LogP contribution in [0.2, 0.25) is 0 Å². The van der Waals surface area contributed by atoms with Crippen LogP contribution < -0.4 is 5.32 Å². The van der Waals surface area contributed by atoms with E-state index in [2.05, 4.69) is 32.2 Å². The second-order valence-electron chi connectivity index (χ2n) is 6.73. The van der Waals surface area contributed by atoms with E-state index in [4.69, 9.17) is 0 Å². The average molecular weight is 314 g/mol. The van der Waals surface area contributed by atoms with Crippen molar-refractivity contribution in [2.24, 2.45) is 11.8 Å². The SMILES string of the molecule is C/C=C1\CC(C)CC(C)C1NCCCC(C)(C)O.CC.CC. The molecule has 2 N–H and O–H groups in total. The standard InChI is InChI=1S/C16H31NO.2C2H6/c1-6-14-11-12(2)10-13(3)15(14)17-9-7-8-16(4,5)18;2*1-2/h6,12-13,15,17-18H,7-11H2,1-5H3;2*1-2H3/b14-6+;;. The van der Waals surface area contributed by atoms with Gasteiger partial charge in [-0.1, -0.05) is 53.2 Å². The van der Waals surface area contributed by atoms with Crippen LogP contribution in [0.5, 0.6) is 0 Å². The van der Waals surface area contributed by atoms with Gasteiger partial charge in [0, 0.05) is 6.04 Å². The van der Waals surface area contributed by atoms with E-state index in [1.54, 1.807) is 5.57 Å². The molecule has 22 heavy (non-hydrogen) atoms. The fraction of sp³-hybridized carbons (Fsp3) is 0.900. The Morgan fingerprint density at radius 1 is 1.18 bits per heavy atom. The van der Waals surface area contributed by atoms with Gasteiger partial charge in [0.2, 0.25) is 0 Å². The largest absolute Gasteiger partial charge is 0.390 e. The van der Waals surface area contributed by atoms with Gasteiger partial charge in [0.1, 0.15) is 0 Å². The molecule has 2 heteroatoms. The summed E-state index contributed by atoms with van der Waals surface area (Å²) in [6.45, 7) is 19.6. The summed E-state index contributed by atoms with van der Waals surface area (Å²) in [5, 5.41) is 13.4. The van der Waals surface area contributed by atoms with Crippen molar-refractivity contribution in [3.05, 3.63) is 11.6 Å². The maximum atomic E-state index is 9.70. The van der Waals surface area contributed by atoms with Crippen molar-refractivity contribution in [2.75, 3.05) is 6.54 Å². The van der Waals surface area contributed by atoms with Crippen molar-refractivity contribution in [2.45, 2.75) is 99.6 Å². The molecule has 0 bridgehead atoms. The highest BCUT2D eigenvalue weighted by Gasteiger charge is 2.28. The van der Waals surface area contributed by atoms with Crippen LogP contribution in [-0.2, 0) is 0 Å². The predicted molar refractivity (Wildman–Crippen MR) is 101 cm³/mol. The highest BCUT2D eigenvalue weighted by molar-refractivity contribution is 5.15. The van der Waals surface area contributed by atoms with Crippen LogP contribution >= 0.6 is 0 Å². The highest BCUT2D eigenvalue weighted by atomic mass is 16.3. The van der Waals surface area contributed by atoms with Crippen LogP contribution in [0, 0.1) is 11.8 Å². The lowest BCUT2D eigenvalue weighted by atomic mass is 9.76. The zero-order chi connectivity index (χ0) is 17.8. The van der Waals surface area contributed by atoms with Gasteiger partial charge in [-0.05, 0) is 64.8 Å². The van der Waals surface area contributed by atoms with Gasteiger partial charge in [0.15, 0.2) is 0 Å². The van der Waals surface area contributed by atoms with Gasteiger partial charge in [-0.15, -0.1) is 0 Å². The third-order valence-electron chi connectivity index (χ3n) is 4.03. The summed E-state index contributed by atoms with van der Waals surface area (Å²) in [5.41, 5.74) is 1.04. The summed E-state index contributed by atoms with van der Waals surface area (Å²) in [7, 11) is 0. The molecule has 1 fully saturated rings. The smallest absolute Gasteiger partial charge is 0.0592 e. The Bertz CT molecular complexity index is 278. The maximum Gasteiger partial charge on any atom is 0.0592 e. The fourth-order valence-corrected chi connectivity index (χ4v) is 3.16. The van der Waals surface area contributed by atoms with E-state index in [0.717, 1.165) is 31.2 Å². The molecule has 0 aromatic rings. The first-order valence-electron chi connectivity index (χ1n) is 9.44. The predicted octanol–water partition coefficient (Wildman–Crippen LogP) is 5.56. The minimum Gasteiger partial charge on any atom is -0.390 e. The number of allylic oxidation sites excluding steroid dienone is 1. The van der Waals surface area contributed by atoms with Gasteiger partial charge in [-0.3, -0.25) is 0 Å². The molecule has 0 amide bonds. The summed E-state index contributed by atoms with van der Waals surface area (Å²) in [6.07, 6.45) is 6.76. The quantitative estimate of drug-likeness (QED) is 0.514. The van der Waals surface area contributed by atoms with Crippen LogP contribution in [0.25, 0.3) is 0 Å². The number of hydrogen-bond donors (Lipinski definition) is 2. The molecule has 0 spiro atoms. The molecular formula is C20H43NO. The Morgan fingerprint density at radius 2 is 1.73 bits per heavy atom. The van der Waals surface area contributed by atoms with Crippen LogP contribution in [0.4, 0.5) is 0 Å². The third kappa shape index (κ3) is 10.4. The van der Waals surface area contributed by atoms with Crippen LogP contribution in [0.1, 0.15) is 88.0 Å². The summed E-state index contributed by atoms with van der Waals surface area (Å²) in [5.74, 6) is 1.54. The van der Waals surface area contributed by atoms with Crippen molar-refractivity contribution in [1.29, 1.82) is 0 Å². The molecule has 1 saturated carbocycles. The fourth-order valence-electron chi connectivity index (χ4n) is 3.16. The van der Waals surface area contributed by atoms with E-state index >= 15 is 0 Å². The van der Waals surface area contributed by atoms with Crippen molar-refractivity contribution < 1.29 is 5.11 Å². The van der Waals surface area contributed by atoms with Crippen molar-refractivity contribution in [3.63, 3.8) is 0 Å². The molecule has 3 atom stereocenters. The second-order valence-corrected chi connectivity index (χ2v) is 6.73. The monoisotopic (exact) mass is 313 g/mol. The first kappa shape index (κ1) is 23.9. The molecule has 3 unspecified atom stereocenters. The average Bonchev–Trinajstić information content (AvgIpc) is 2.47. The van der Waals surface area contributed by atoms with Crippen LogP contribution in [0.15, 0.2) is 11.6 Å². The first-order valence-corrected chi connectivity index (χ1v) is 9.44. The number of aliphatic hydroxyl groups is 1. The normalized spacial score (nSPS) is 26.6. The highest BCUT2D eigenvalue weighted by Crippen LogP contribution is 2.32. The van der Waals surface area contributed by atoms with Gasteiger partial charge in [0.05, 0.1) is 5.60 Å². The molecule has 0 aromatic carbocycles. The van der Waals surface area contributed by atoms with Crippen LogP contribution in [0.3, 0.4) is 0 Å². The Balaban J connectivity index is 0. The topological polar surface area (TPSA) is 32.3 Å². The summed E-state index contributed by atoms with van der Waals surface area (Å²) in [6, 6.07) is 0.549. The molecule has 1 aliphatic rings. The van der Waals surface area contributed by atoms with Crippen LogP contribution in [-0.4, -0.2) is 23.3 Å².